The number of amides is 1. The molecule has 0 radical (unpaired) electrons. The molecular formula is C26H35N3O2. The van der Waals surface area contributed by atoms with E-state index < -0.39 is 0 Å². The van der Waals surface area contributed by atoms with Crippen LogP contribution in [0.3, 0.4) is 0 Å². The van der Waals surface area contributed by atoms with Crippen LogP contribution < -0.4 is 5.32 Å². The molecule has 1 atom stereocenters. The molecule has 166 valence electrons. The number of hydrogen-bond acceptors (Lipinski definition) is 4. The molecule has 0 spiro atoms. The number of nitrogens with zero attached hydrogens (tertiary/aromatic N) is 2. The Balaban J connectivity index is 1.26. The summed E-state index contributed by atoms with van der Waals surface area (Å²) < 4.78 is 5.49. The maximum absolute atomic E-state index is 12.9. The Hall–Kier alpha value is -2.21. The van der Waals surface area contributed by atoms with Crippen LogP contribution in [-0.2, 0) is 16.0 Å². The summed E-state index contributed by atoms with van der Waals surface area (Å²) in [6.45, 7) is 6.53. The highest BCUT2D eigenvalue weighted by Crippen LogP contribution is 2.22. The van der Waals surface area contributed by atoms with Gasteiger partial charge in [0.2, 0.25) is 5.91 Å². The Morgan fingerprint density at radius 1 is 0.935 bits per heavy atom. The third-order valence-corrected chi connectivity index (χ3v) is 6.58. The summed E-state index contributed by atoms with van der Waals surface area (Å²) in [6.07, 6.45) is 3.31. The van der Waals surface area contributed by atoms with Crippen molar-refractivity contribution in [1.29, 1.82) is 0 Å². The molecule has 2 aliphatic rings. The van der Waals surface area contributed by atoms with Crippen molar-refractivity contribution >= 4 is 5.91 Å². The van der Waals surface area contributed by atoms with Crippen LogP contribution in [0.2, 0.25) is 0 Å². The Labute approximate surface area is 186 Å². The van der Waals surface area contributed by atoms with Crippen molar-refractivity contribution in [3.8, 4) is 0 Å². The molecular weight excluding hydrogens is 386 g/mol. The predicted molar refractivity (Wildman–Crippen MR) is 124 cm³/mol. The topological polar surface area (TPSA) is 44.8 Å². The third-order valence-electron chi connectivity index (χ3n) is 6.58. The fourth-order valence-corrected chi connectivity index (χ4v) is 4.67. The molecule has 2 aliphatic heterocycles. The van der Waals surface area contributed by atoms with E-state index in [0.717, 1.165) is 65.2 Å². The van der Waals surface area contributed by atoms with Gasteiger partial charge < -0.3 is 15.0 Å². The summed E-state index contributed by atoms with van der Waals surface area (Å²) in [5.41, 5.74) is 2.64. The van der Waals surface area contributed by atoms with Crippen LogP contribution in [0.15, 0.2) is 60.7 Å². The normalized spacial score (nSPS) is 19.3. The molecule has 0 saturated carbocycles. The molecule has 2 heterocycles. The Morgan fingerprint density at radius 3 is 2.26 bits per heavy atom. The van der Waals surface area contributed by atoms with Crippen LogP contribution >= 0.6 is 0 Å². The highest BCUT2D eigenvalue weighted by Gasteiger charge is 2.24. The second-order valence-electron chi connectivity index (χ2n) is 8.77. The van der Waals surface area contributed by atoms with Crippen molar-refractivity contribution in [2.45, 2.75) is 25.3 Å². The number of carbonyl (C=O) groups is 1. The van der Waals surface area contributed by atoms with Gasteiger partial charge in [-0.15, -0.1) is 0 Å². The van der Waals surface area contributed by atoms with Gasteiger partial charge in [-0.25, -0.2) is 0 Å². The lowest BCUT2D eigenvalue weighted by Gasteiger charge is -2.34. The van der Waals surface area contributed by atoms with Gasteiger partial charge in [0.1, 0.15) is 0 Å². The highest BCUT2D eigenvalue weighted by atomic mass is 16.5. The number of piperidine rings is 1. The van der Waals surface area contributed by atoms with E-state index in [1.54, 1.807) is 0 Å². The molecule has 0 aliphatic carbocycles. The second kappa shape index (κ2) is 11.4. The number of nitrogens with one attached hydrogen (secondary N) is 1. The van der Waals surface area contributed by atoms with Gasteiger partial charge in [-0.2, -0.15) is 0 Å². The van der Waals surface area contributed by atoms with Crippen LogP contribution in [-0.4, -0.2) is 68.2 Å². The first-order valence-corrected chi connectivity index (χ1v) is 11.7. The quantitative estimate of drug-likeness (QED) is 0.711. The zero-order valence-electron chi connectivity index (χ0n) is 18.4. The minimum absolute atomic E-state index is 0.152. The van der Waals surface area contributed by atoms with Gasteiger partial charge in [0.15, 0.2) is 0 Å². The number of ether oxygens (including phenoxy) is 1. The standard InChI is InChI=1S/C26H35N3O2/c30-26(29-13-11-23(12-14-29)19-22-7-3-1-4-8-22)20-27-25(24-9-5-2-6-10-24)21-28-15-17-31-18-16-28/h1-10,23,25,27H,11-21H2. The Bertz CT molecular complexity index is 785. The number of hydrogen-bond donors (Lipinski definition) is 1. The maximum Gasteiger partial charge on any atom is 0.236 e. The van der Waals surface area contributed by atoms with E-state index in [9.17, 15) is 4.79 Å². The van der Waals surface area contributed by atoms with Crippen molar-refractivity contribution in [2.24, 2.45) is 5.92 Å². The first-order valence-electron chi connectivity index (χ1n) is 11.7. The minimum Gasteiger partial charge on any atom is -0.379 e. The first kappa shape index (κ1) is 22.0. The van der Waals surface area contributed by atoms with E-state index in [1.807, 2.05) is 11.0 Å². The monoisotopic (exact) mass is 421 g/mol. The van der Waals surface area contributed by atoms with Gasteiger partial charge in [0, 0.05) is 38.8 Å². The number of likely N-dealkylation sites (tertiary alicyclic amines) is 1. The van der Waals surface area contributed by atoms with Gasteiger partial charge >= 0.3 is 0 Å². The molecule has 0 aromatic heterocycles. The van der Waals surface area contributed by atoms with E-state index in [0.29, 0.717) is 12.5 Å². The van der Waals surface area contributed by atoms with Crippen LogP contribution in [0.4, 0.5) is 0 Å². The first-order chi connectivity index (χ1) is 15.3. The van der Waals surface area contributed by atoms with Crippen LogP contribution in [0, 0.1) is 5.92 Å². The van der Waals surface area contributed by atoms with E-state index in [4.69, 9.17) is 4.74 Å². The predicted octanol–water partition coefficient (Wildman–Crippen LogP) is 3.13. The van der Waals surface area contributed by atoms with Crippen LogP contribution in [0.1, 0.15) is 30.0 Å². The smallest absolute Gasteiger partial charge is 0.236 e. The number of carbonyl (C=O) groups excluding carboxylic acids is 1. The van der Waals surface area contributed by atoms with Crippen molar-refractivity contribution in [3.05, 3.63) is 71.8 Å². The van der Waals surface area contributed by atoms with Gasteiger partial charge in [0.05, 0.1) is 19.8 Å². The van der Waals surface area contributed by atoms with Gasteiger partial charge in [0.25, 0.3) is 0 Å². The molecule has 1 amide bonds. The fraction of sp³-hybridized carbons (Fsp3) is 0.500. The summed E-state index contributed by atoms with van der Waals surface area (Å²) in [6, 6.07) is 21.3. The van der Waals surface area contributed by atoms with Crippen molar-refractivity contribution in [2.75, 3.05) is 52.5 Å². The molecule has 31 heavy (non-hydrogen) atoms. The molecule has 2 fully saturated rings. The van der Waals surface area contributed by atoms with Gasteiger partial charge in [-0.05, 0) is 36.3 Å². The SMILES string of the molecule is O=C(CNC(CN1CCOCC1)c1ccccc1)N1CCC(Cc2ccccc2)CC1. The summed E-state index contributed by atoms with van der Waals surface area (Å²) >= 11 is 0. The van der Waals surface area contributed by atoms with Gasteiger partial charge in [-0.3, -0.25) is 9.69 Å². The van der Waals surface area contributed by atoms with Crippen LogP contribution in [0.25, 0.3) is 0 Å². The van der Waals surface area contributed by atoms with Crippen molar-refractivity contribution in [3.63, 3.8) is 0 Å². The van der Waals surface area contributed by atoms with E-state index in [-0.39, 0.29) is 11.9 Å². The summed E-state index contributed by atoms with van der Waals surface area (Å²) in [7, 11) is 0. The highest BCUT2D eigenvalue weighted by molar-refractivity contribution is 5.78. The minimum atomic E-state index is 0.152. The average Bonchev–Trinajstić information content (AvgIpc) is 2.84. The average molecular weight is 422 g/mol. The molecule has 4 rings (SSSR count). The second-order valence-corrected chi connectivity index (χ2v) is 8.77. The zero-order valence-corrected chi connectivity index (χ0v) is 18.4. The largest absolute Gasteiger partial charge is 0.379 e. The van der Waals surface area contributed by atoms with Crippen molar-refractivity contribution < 1.29 is 9.53 Å². The van der Waals surface area contributed by atoms with E-state index >= 15 is 0 Å². The molecule has 2 aromatic carbocycles. The van der Waals surface area contributed by atoms with Gasteiger partial charge in [-0.1, -0.05) is 60.7 Å². The Kier molecular flexibility index (Phi) is 8.11. The van der Waals surface area contributed by atoms with Crippen molar-refractivity contribution in [1.82, 2.24) is 15.1 Å². The lowest BCUT2D eigenvalue weighted by Crippen LogP contribution is -2.46. The molecule has 1 unspecified atom stereocenters. The molecule has 5 nitrogen and oxygen atoms in total. The summed E-state index contributed by atoms with van der Waals surface area (Å²) in [5.74, 6) is 0.902. The summed E-state index contributed by atoms with van der Waals surface area (Å²) in [5, 5.41) is 3.56. The number of benzene rings is 2. The summed E-state index contributed by atoms with van der Waals surface area (Å²) in [4.78, 5) is 17.4. The van der Waals surface area contributed by atoms with Crippen LogP contribution in [0.5, 0.6) is 0 Å². The lowest BCUT2D eigenvalue weighted by atomic mass is 9.90. The zero-order chi connectivity index (χ0) is 21.3. The maximum atomic E-state index is 12.9. The number of morpholine rings is 1. The fourth-order valence-electron chi connectivity index (χ4n) is 4.67. The molecule has 5 heteroatoms. The molecule has 1 N–H and O–H groups in total. The molecule has 2 saturated heterocycles. The van der Waals surface area contributed by atoms with E-state index in [1.165, 1.54) is 11.1 Å². The molecule has 2 aromatic rings. The third kappa shape index (κ3) is 6.63. The lowest BCUT2D eigenvalue weighted by molar-refractivity contribution is -0.131. The van der Waals surface area contributed by atoms with E-state index in [2.05, 4.69) is 64.8 Å². The number of rotatable bonds is 8. The molecule has 0 bridgehead atoms. The Morgan fingerprint density at radius 2 is 1.58 bits per heavy atom.